The lowest BCUT2D eigenvalue weighted by Crippen LogP contribution is -2.20. The molecule has 23 heavy (non-hydrogen) atoms. The molecule has 0 saturated heterocycles. The molecule has 0 radical (unpaired) electrons. The molecule has 0 spiro atoms. The standard InChI is InChI=1S/C15H12N6O2/c1-8-12(9-5-3-2-4-6-9)14-18-17-13-10(21(14)20-8)7-11(22)16-19-15(13)23/h2-7,17-18,23H,1H3. The largest absolute Gasteiger partial charge is 0.491 e. The summed E-state index contributed by atoms with van der Waals surface area (Å²) in [5.74, 6) is 0.292. The molecule has 0 amide bonds. The van der Waals surface area contributed by atoms with Crippen LogP contribution in [0.1, 0.15) is 5.69 Å². The molecule has 0 atom stereocenters. The second-order valence-electron chi connectivity index (χ2n) is 5.10. The van der Waals surface area contributed by atoms with E-state index >= 15 is 0 Å². The summed E-state index contributed by atoms with van der Waals surface area (Å²) in [7, 11) is 0. The molecule has 0 saturated carbocycles. The molecule has 1 aromatic carbocycles. The van der Waals surface area contributed by atoms with Gasteiger partial charge in [0.1, 0.15) is 11.4 Å². The lowest BCUT2D eigenvalue weighted by molar-refractivity contribution is 0.448. The Bertz CT molecular complexity index is 968. The Hall–Kier alpha value is -3.42. The first-order valence-electron chi connectivity index (χ1n) is 6.93. The zero-order chi connectivity index (χ0) is 16.0. The number of hydrazine groups is 1. The zero-order valence-electron chi connectivity index (χ0n) is 12.1. The van der Waals surface area contributed by atoms with Crippen LogP contribution in [0, 0.1) is 6.92 Å². The Morgan fingerprint density at radius 2 is 1.91 bits per heavy atom. The number of anilines is 2. The molecular weight excluding hydrogens is 296 g/mol. The van der Waals surface area contributed by atoms with E-state index in [4.69, 9.17) is 0 Å². The second-order valence-corrected chi connectivity index (χ2v) is 5.10. The summed E-state index contributed by atoms with van der Waals surface area (Å²) in [6.07, 6.45) is 0. The molecule has 3 aromatic rings. The molecule has 4 rings (SSSR count). The maximum absolute atomic E-state index is 11.7. The van der Waals surface area contributed by atoms with E-state index in [0.717, 1.165) is 16.8 Å². The molecule has 0 fully saturated rings. The number of nitrogens with zero attached hydrogens (tertiary/aromatic N) is 4. The van der Waals surface area contributed by atoms with E-state index in [9.17, 15) is 9.90 Å². The maximum atomic E-state index is 11.7. The van der Waals surface area contributed by atoms with E-state index in [1.165, 1.54) is 6.07 Å². The van der Waals surface area contributed by atoms with E-state index < -0.39 is 5.56 Å². The smallest absolute Gasteiger partial charge is 0.290 e. The van der Waals surface area contributed by atoms with Crippen molar-refractivity contribution < 1.29 is 5.11 Å². The fourth-order valence-electron chi connectivity index (χ4n) is 2.66. The van der Waals surface area contributed by atoms with Gasteiger partial charge in [0.15, 0.2) is 5.82 Å². The van der Waals surface area contributed by atoms with Crippen LogP contribution < -0.4 is 16.4 Å². The third-order valence-electron chi connectivity index (χ3n) is 3.64. The summed E-state index contributed by atoms with van der Waals surface area (Å²) in [6, 6.07) is 11.1. The molecule has 3 N–H and O–H groups in total. The van der Waals surface area contributed by atoms with Gasteiger partial charge in [-0.3, -0.25) is 15.6 Å². The molecular formula is C15H12N6O2. The van der Waals surface area contributed by atoms with Crippen molar-refractivity contribution in [2.75, 3.05) is 10.9 Å². The van der Waals surface area contributed by atoms with Crippen LogP contribution in [0.3, 0.4) is 0 Å². The molecule has 1 aliphatic heterocycles. The van der Waals surface area contributed by atoms with Gasteiger partial charge in [0.2, 0.25) is 0 Å². The van der Waals surface area contributed by atoms with Gasteiger partial charge in [0.25, 0.3) is 11.4 Å². The molecule has 8 heteroatoms. The predicted octanol–water partition coefficient (Wildman–Crippen LogP) is 1.46. The van der Waals surface area contributed by atoms with Gasteiger partial charge in [0.05, 0.1) is 5.69 Å². The minimum Gasteiger partial charge on any atom is -0.491 e. The van der Waals surface area contributed by atoms with Gasteiger partial charge >= 0.3 is 0 Å². The van der Waals surface area contributed by atoms with Crippen LogP contribution in [0.2, 0.25) is 0 Å². The normalized spacial score (nSPS) is 11.9. The van der Waals surface area contributed by atoms with Crippen molar-refractivity contribution in [3.05, 3.63) is 52.4 Å². The summed E-state index contributed by atoms with van der Waals surface area (Å²) in [5.41, 5.74) is 8.61. The fourth-order valence-corrected chi connectivity index (χ4v) is 2.66. The Morgan fingerprint density at radius 1 is 1.13 bits per heavy atom. The molecule has 8 nitrogen and oxygen atoms in total. The van der Waals surface area contributed by atoms with E-state index in [1.807, 2.05) is 37.3 Å². The molecule has 0 unspecified atom stereocenters. The number of aryl methyl sites for hydroxylation is 1. The minimum absolute atomic E-state index is 0.245. The Kier molecular flexibility index (Phi) is 2.77. The monoisotopic (exact) mass is 308 g/mol. The second kappa shape index (κ2) is 4.80. The summed E-state index contributed by atoms with van der Waals surface area (Å²) in [4.78, 5) is 11.7. The number of aromatic hydroxyl groups is 1. The predicted molar refractivity (Wildman–Crippen MR) is 84.5 cm³/mol. The highest BCUT2D eigenvalue weighted by Gasteiger charge is 2.25. The van der Waals surface area contributed by atoms with Crippen molar-refractivity contribution in [2.45, 2.75) is 6.92 Å². The van der Waals surface area contributed by atoms with Crippen molar-refractivity contribution in [3.8, 4) is 22.7 Å². The molecule has 114 valence electrons. The Balaban J connectivity index is 2.02. The molecule has 3 heterocycles. The van der Waals surface area contributed by atoms with Crippen LogP contribution in [0.4, 0.5) is 11.5 Å². The molecule has 1 aliphatic rings. The number of aromatic nitrogens is 4. The minimum atomic E-state index is -0.564. The van der Waals surface area contributed by atoms with Crippen LogP contribution in [0.5, 0.6) is 5.88 Å². The van der Waals surface area contributed by atoms with E-state index in [0.29, 0.717) is 11.5 Å². The lowest BCUT2D eigenvalue weighted by Gasteiger charge is -2.20. The van der Waals surface area contributed by atoms with Gasteiger partial charge < -0.3 is 5.11 Å². The highest BCUT2D eigenvalue weighted by molar-refractivity contribution is 5.84. The van der Waals surface area contributed by atoms with Crippen LogP contribution in [-0.2, 0) is 0 Å². The molecule has 0 aliphatic carbocycles. The van der Waals surface area contributed by atoms with E-state index in [-0.39, 0.29) is 11.6 Å². The summed E-state index contributed by atoms with van der Waals surface area (Å²) < 4.78 is 1.56. The number of benzene rings is 1. The van der Waals surface area contributed by atoms with Crippen LogP contribution in [0.15, 0.2) is 41.2 Å². The lowest BCUT2D eigenvalue weighted by atomic mass is 10.1. The van der Waals surface area contributed by atoms with Crippen molar-refractivity contribution in [3.63, 3.8) is 0 Å². The Morgan fingerprint density at radius 3 is 2.70 bits per heavy atom. The topological polar surface area (TPSA) is 105 Å². The highest BCUT2D eigenvalue weighted by atomic mass is 16.3. The van der Waals surface area contributed by atoms with Gasteiger partial charge in [-0.2, -0.15) is 5.10 Å². The van der Waals surface area contributed by atoms with Crippen LogP contribution in [-0.4, -0.2) is 25.1 Å². The van der Waals surface area contributed by atoms with Crippen molar-refractivity contribution in [2.24, 2.45) is 0 Å². The van der Waals surface area contributed by atoms with Gasteiger partial charge in [-0.1, -0.05) is 30.3 Å². The third-order valence-corrected chi connectivity index (χ3v) is 3.64. The number of hydrogen-bond donors (Lipinski definition) is 3. The number of fused-ring (bicyclic) bond motifs is 3. The first-order chi connectivity index (χ1) is 11.1. The number of rotatable bonds is 1. The first kappa shape index (κ1) is 13.3. The van der Waals surface area contributed by atoms with Crippen molar-refractivity contribution in [1.29, 1.82) is 0 Å². The van der Waals surface area contributed by atoms with Gasteiger partial charge in [-0.25, -0.2) is 4.68 Å². The van der Waals surface area contributed by atoms with E-state index in [2.05, 4.69) is 26.1 Å². The zero-order valence-corrected chi connectivity index (χ0v) is 12.1. The maximum Gasteiger partial charge on any atom is 0.290 e. The fraction of sp³-hybridized carbons (Fsp3) is 0.0667. The van der Waals surface area contributed by atoms with Crippen molar-refractivity contribution >= 4 is 11.5 Å². The first-order valence-corrected chi connectivity index (χ1v) is 6.93. The van der Waals surface area contributed by atoms with E-state index in [1.54, 1.807) is 4.68 Å². The number of hydrogen-bond acceptors (Lipinski definition) is 7. The highest BCUT2D eigenvalue weighted by Crippen LogP contribution is 2.38. The average molecular weight is 308 g/mol. The third kappa shape index (κ3) is 2.00. The summed E-state index contributed by atoms with van der Waals surface area (Å²) >= 11 is 0. The molecule has 2 aromatic heterocycles. The van der Waals surface area contributed by atoms with Gasteiger partial charge in [-0.15, -0.1) is 10.2 Å². The summed E-state index contributed by atoms with van der Waals surface area (Å²) in [6.45, 7) is 1.88. The average Bonchev–Trinajstić information content (AvgIpc) is 2.82. The Labute approximate surface area is 130 Å². The van der Waals surface area contributed by atoms with Gasteiger partial charge in [-0.05, 0) is 12.5 Å². The molecule has 0 bridgehead atoms. The SMILES string of the molecule is Cc1nn2c(c1-c1ccccc1)NNc1c-2cc(=O)nnc1O. The van der Waals surface area contributed by atoms with Gasteiger partial charge in [0, 0.05) is 11.6 Å². The van der Waals surface area contributed by atoms with Crippen LogP contribution >= 0.6 is 0 Å². The van der Waals surface area contributed by atoms with Crippen molar-refractivity contribution in [1.82, 2.24) is 20.0 Å². The number of nitrogens with one attached hydrogen (secondary N) is 2. The quantitative estimate of drug-likeness (QED) is 0.625. The summed E-state index contributed by atoms with van der Waals surface area (Å²) in [5, 5.41) is 21.2. The van der Waals surface area contributed by atoms with Crippen LogP contribution in [0.25, 0.3) is 16.8 Å².